The van der Waals surface area contributed by atoms with Crippen LogP contribution in [0.2, 0.25) is 0 Å². The van der Waals surface area contributed by atoms with Gasteiger partial charge in [0.25, 0.3) is 23.6 Å². The van der Waals surface area contributed by atoms with Crippen LogP contribution >= 0.6 is 53.0 Å². The van der Waals surface area contributed by atoms with Crippen molar-refractivity contribution in [3.63, 3.8) is 0 Å². The number of nitrogens with zero attached hydrogens (tertiary/aromatic N) is 4. The molecule has 2 aromatic rings. The predicted molar refractivity (Wildman–Crippen MR) is 193 cm³/mol. The van der Waals surface area contributed by atoms with Crippen molar-refractivity contribution in [2.75, 3.05) is 31.3 Å². The number of hydrogen-bond donors (Lipinski definition) is 5. The van der Waals surface area contributed by atoms with Gasteiger partial charge in [0.2, 0.25) is 14.6 Å². The monoisotopic (exact) mass is 772 g/mol. The van der Waals surface area contributed by atoms with Crippen LogP contribution in [0.25, 0.3) is 0 Å². The quantitative estimate of drug-likeness (QED) is 0.286. The summed E-state index contributed by atoms with van der Waals surface area (Å²) in [5, 5.41) is 44.7. The first kappa shape index (κ1) is 32.2. The highest BCUT2D eigenvalue weighted by atomic mass is 33.5. The van der Waals surface area contributed by atoms with E-state index in [0.29, 0.717) is 22.5 Å². The molecule has 0 saturated carbocycles. The van der Waals surface area contributed by atoms with Crippen LogP contribution < -0.4 is 10.6 Å². The molecule has 13 nitrogen and oxygen atoms in total. The lowest BCUT2D eigenvalue weighted by atomic mass is 9.52. The highest BCUT2D eigenvalue weighted by molar-refractivity contribution is 9.10. The maximum absolute atomic E-state index is 15.3. The summed E-state index contributed by atoms with van der Waals surface area (Å²) in [7, 11) is 8.86. The van der Waals surface area contributed by atoms with Gasteiger partial charge >= 0.3 is 0 Å². The molecule has 10 aliphatic heterocycles. The molecule has 12 rings (SSSR count). The zero-order chi connectivity index (χ0) is 35.1. The van der Waals surface area contributed by atoms with E-state index in [1.165, 1.54) is 47.3 Å². The van der Waals surface area contributed by atoms with Crippen LogP contribution in [0.1, 0.15) is 25.0 Å². The highest BCUT2D eigenvalue weighted by Crippen LogP contribution is 2.78. The average molecular weight is 773 g/mol. The number of nitrogens with one attached hydrogen (secondary N) is 2. The van der Waals surface area contributed by atoms with Crippen molar-refractivity contribution in [3.05, 3.63) is 59.7 Å². The average Bonchev–Trinajstić information content (AvgIpc) is 3.70. The first-order valence-corrected chi connectivity index (χ1v) is 21.8. The molecule has 4 amide bonds. The number of rotatable bonds is 3. The third kappa shape index (κ3) is 2.77. The largest absolute Gasteiger partial charge is 0.392 e. The van der Waals surface area contributed by atoms with Crippen LogP contribution in [-0.2, 0) is 30.0 Å². The fourth-order valence-electron chi connectivity index (χ4n) is 10.5. The second kappa shape index (κ2) is 9.55. The van der Waals surface area contributed by atoms with E-state index >= 15 is 9.59 Å². The van der Waals surface area contributed by atoms with Gasteiger partial charge in [-0.1, -0.05) is 50.2 Å². The van der Waals surface area contributed by atoms with Gasteiger partial charge in [-0.15, -0.1) is 0 Å². The van der Waals surface area contributed by atoms with E-state index in [1.54, 1.807) is 13.1 Å². The SMILES string of the molecule is CC(C)[C@]12SSSC3(C(=O)N1C)[C@@H](O)[C@]1(C45c6ccccc6N[C@H]4N4C(=O)[C@@]6(CO)SSC4(C(=O)N6C)[C@H]5O)c4ccccc4N[C@@H]1N3C2=O. The summed E-state index contributed by atoms with van der Waals surface area (Å²) in [4.78, 5) is 58.8. The van der Waals surface area contributed by atoms with Gasteiger partial charge in [0.05, 0.1) is 17.4 Å². The Morgan fingerprint density at radius 1 is 0.700 bits per heavy atom. The summed E-state index contributed by atoms with van der Waals surface area (Å²) in [5.74, 6) is -2.23. The zero-order valence-corrected chi connectivity index (χ0v) is 31.1. The standard InChI is InChI=1S/C32H32N6O7S5/c1-14(2)30-26(45)38-22-29(16-10-6-8-12-18(16)34-22,20(41)32(38,49-50-48-30)25(44)36(30)4)28-15-9-5-7-11-17(15)33-21(28)37-23(42)27(13-39)35(3)24(43)31(37,19(28)40)47-46-27/h5-12,14,19-22,33-34,39-41H,13H2,1-4H3/t19-,20-,21-,22+,27+,28?,29+,30+,31?,32?/m0/s1. The van der Waals surface area contributed by atoms with Crippen LogP contribution in [0.3, 0.4) is 0 Å². The van der Waals surface area contributed by atoms with Gasteiger partial charge in [-0.05, 0) is 82.2 Å². The number of aliphatic hydroxyl groups excluding tert-OH is 3. The topological polar surface area (TPSA) is 166 Å². The van der Waals surface area contributed by atoms with E-state index in [9.17, 15) is 24.9 Å². The van der Waals surface area contributed by atoms with Gasteiger partial charge in [-0.2, -0.15) is 0 Å². The van der Waals surface area contributed by atoms with Crippen LogP contribution in [-0.4, -0.2) is 123 Å². The van der Waals surface area contributed by atoms with Gasteiger partial charge in [-0.25, -0.2) is 0 Å². The van der Waals surface area contributed by atoms with Gasteiger partial charge < -0.3 is 35.8 Å². The van der Waals surface area contributed by atoms with Crippen LogP contribution in [0.5, 0.6) is 0 Å². The first-order chi connectivity index (χ1) is 23.8. The van der Waals surface area contributed by atoms with E-state index < -0.39 is 79.2 Å². The van der Waals surface area contributed by atoms with Gasteiger partial charge in [0, 0.05) is 25.5 Å². The molecule has 8 fully saturated rings. The molecular formula is C32H32N6O7S5. The van der Waals surface area contributed by atoms with Gasteiger partial charge in [-0.3, -0.25) is 29.0 Å². The molecular weight excluding hydrogens is 741 g/mol. The molecule has 4 bridgehead atoms. The van der Waals surface area contributed by atoms with E-state index in [0.717, 1.165) is 32.4 Å². The maximum Gasteiger partial charge on any atom is 0.265 e. The molecule has 2 spiro atoms. The Morgan fingerprint density at radius 2 is 1.20 bits per heavy atom. The number of benzene rings is 2. The molecule has 8 saturated heterocycles. The van der Waals surface area contributed by atoms with Gasteiger partial charge in [0.1, 0.15) is 24.5 Å². The molecule has 10 atom stereocenters. The Kier molecular flexibility index (Phi) is 6.16. The molecule has 10 heterocycles. The third-order valence-electron chi connectivity index (χ3n) is 12.7. The maximum atomic E-state index is 15.3. The number of piperazine rings is 2. The van der Waals surface area contributed by atoms with E-state index in [4.69, 9.17) is 0 Å². The van der Waals surface area contributed by atoms with Crippen molar-refractivity contribution in [2.45, 2.75) is 68.7 Å². The summed E-state index contributed by atoms with van der Waals surface area (Å²) in [6.45, 7) is 3.14. The third-order valence-corrected chi connectivity index (χ3v) is 21.6. The summed E-state index contributed by atoms with van der Waals surface area (Å²) < 4.78 is 0. The minimum atomic E-state index is -1.88. The summed E-state index contributed by atoms with van der Waals surface area (Å²) in [5.41, 5.74) is -1.17. The number of anilines is 2. The Bertz CT molecular complexity index is 2000. The number of carbonyl (C=O) groups excluding carboxylic acids is 4. The Hall–Kier alpha value is -2.45. The fourth-order valence-corrected chi connectivity index (χ4v) is 20.5. The van der Waals surface area contributed by atoms with Crippen molar-refractivity contribution in [3.8, 4) is 0 Å². The molecule has 10 aliphatic rings. The second-order valence-corrected chi connectivity index (χ2v) is 21.4. The highest BCUT2D eigenvalue weighted by Gasteiger charge is 2.92. The number of likely N-dealkylation sites (N-methyl/N-ethyl adjacent to an activating group) is 2. The van der Waals surface area contributed by atoms with Crippen molar-refractivity contribution < 1.29 is 34.5 Å². The molecule has 262 valence electrons. The van der Waals surface area contributed by atoms with Crippen LogP contribution in [0, 0.1) is 5.92 Å². The number of fused-ring (bicyclic) bond motifs is 12. The molecule has 2 aromatic carbocycles. The second-order valence-electron chi connectivity index (χ2n) is 14.4. The van der Waals surface area contributed by atoms with Crippen molar-refractivity contribution in [1.29, 1.82) is 0 Å². The van der Waals surface area contributed by atoms with Crippen molar-refractivity contribution >= 4 is 88.0 Å². The van der Waals surface area contributed by atoms with Crippen LogP contribution in [0.15, 0.2) is 48.5 Å². The minimum Gasteiger partial charge on any atom is -0.392 e. The smallest absolute Gasteiger partial charge is 0.265 e. The Balaban J connectivity index is 1.34. The van der Waals surface area contributed by atoms with E-state index in [2.05, 4.69) is 10.6 Å². The molecule has 5 N–H and O–H groups in total. The number of carbonyl (C=O) groups is 4. The molecule has 18 heteroatoms. The van der Waals surface area contributed by atoms with E-state index in [1.807, 2.05) is 56.3 Å². The Labute approximate surface area is 306 Å². The molecule has 3 unspecified atom stereocenters. The summed E-state index contributed by atoms with van der Waals surface area (Å²) in [6.07, 6.45) is -5.59. The molecule has 0 aromatic heterocycles. The Morgan fingerprint density at radius 3 is 1.74 bits per heavy atom. The lowest BCUT2D eigenvalue weighted by Gasteiger charge is -2.58. The molecule has 0 radical (unpaired) electrons. The zero-order valence-electron chi connectivity index (χ0n) is 27.0. The van der Waals surface area contributed by atoms with Crippen LogP contribution in [0.4, 0.5) is 11.4 Å². The minimum absolute atomic E-state index is 0.317. The normalized spacial score (nSPS) is 44.6. The summed E-state index contributed by atoms with van der Waals surface area (Å²) >= 11 is 0. The lowest BCUT2D eigenvalue weighted by Crippen LogP contribution is -2.79. The van der Waals surface area contributed by atoms with E-state index in [-0.39, 0.29) is 11.8 Å². The van der Waals surface area contributed by atoms with Gasteiger partial charge in [0.15, 0.2) is 4.87 Å². The molecule has 0 aliphatic carbocycles. The first-order valence-electron chi connectivity index (χ1n) is 16.2. The summed E-state index contributed by atoms with van der Waals surface area (Å²) in [6, 6.07) is 14.6. The molecule has 50 heavy (non-hydrogen) atoms. The fraction of sp³-hybridized carbons (Fsp3) is 0.500. The predicted octanol–water partition coefficient (Wildman–Crippen LogP) is 1.59. The lowest BCUT2D eigenvalue weighted by molar-refractivity contribution is -0.169. The number of aliphatic hydroxyl groups is 3. The number of amides is 4. The number of para-hydroxylation sites is 2. The van der Waals surface area contributed by atoms with Crippen molar-refractivity contribution in [2.24, 2.45) is 5.92 Å². The number of hydrogen-bond acceptors (Lipinski definition) is 14. The van der Waals surface area contributed by atoms with Crippen molar-refractivity contribution in [1.82, 2.24) is 19.6 Å².